The number of likely N-dealkylation sites (tertiary alicyclic amines) is 1. The monoisotopic (exact) mass is 430 g/mol. The molecule has 1 heterocycles. The van der Waals surface area contributed by atoms with Crippen molar-refractivity contribution in [3.63, 3.8) is 0 Å². The minimum absolute atomic E-state index is 0.0257. The largest absolute Gasteiger partial charge is 0.416 e. The molecule has 0 unspecified atom stereocenters. The van der Waals surface area contributed by atoms with Gasteiger partial charge in [-0.3, -0.25) is 9.59 Å². The van der Waals surface area contributed by atoms with Crippen LogP contribution in [0.25, 0.3) is 0 Å². The van der Waals surface area contributed by atoms with Crippen molar-refractivity contribution in [3.05, 3.63) is 71.3 Å². The number of alkyl halides is 3. The van der Waals surface area contributed by atoms with Crippen LogP contribution in [-0.4, -0.2) is 23.3 Å². The zero-order valence-electron chi connectivity index (χ0n) is 17.1. The predicted molar refractivity (Wildman–Crippen MR) is 110 cm³/mol. The molecule has 0 radical (unpaired) electrons. The fraction of sp³-hybridized carbons (Fsp3) is 0.417. The molecule has 2 aliphatic rings. The fourth-order valence-corrected chi connectivity index (χ4v) is 4.21. The van der Waals surface area contributed by atoms with Crippen molar-refractivity contribution < 1.29 is 22.8 Å². The zero-order chi connectivity index (χ0) is 22.0. The van der Waals surface area contributed by atoms with Gasteiger partial charge in [0.25, 0.3) is 0 Å². The van der Waals surface area contributed by atoms with Crippen molar-refractivity contribution >= 4 is 11.8 Å². The average molecular weight is 430 g/mol. The quantitative estimate of drug-likeness (QED) is 0.747. The minimum Gasteiger partial charge on any atom is -0.352 e. The molecule has 2 atom stereocenters. The summed E-state index contributed by atoms with van der Waals surface area (Å²) >= 11 is 0. The summed E-state index contributed by atoms with van der Waals surface area (Å²) in [5.41, 5.74) is 0.732. The molecule has 4 nitrogen and oxygen atoms in total. The third kappa shape index (κ3) is 5.09. The van der Waals surface area contributed by atoms with Gasteiger partial charge in [-0.25, -0.2) is 0 Å². The molecule has 4 rings (SSSR count). The zero-order valence-corrected chi connectivity index (χ0v) is 17.1. The van der Waals surface area contributed by atoms with Crippen molar-refractivity contribution in [3.8, 4) is 0 Å². The number of piperidine rings is 1. The van der Waals surface area contributed by atoms with Crippen LogP contribution >= 0.6 is 0 Å². The van der Waals surface area contributed by atoms with Gasteiger partial charge in [0.1, 0.15) is 0 Å². The number of nitrogens with zero attached hydrogens (tertiary/aromatic N) is 1. The van der Waals surface area contributed by atoms with Crippen molar-refractivity contribution in [2.24, 2.45) is 11.8 Å². The van der Waals surface area contributed by atoms with Crippen LogP contribution in [-0.2, 0) is 22.3 Å². The molecule has 1 saturated carbocycles. The topological polar surface area (TPSA) is 49.4 Å². The molecule has 2 amide bonds. The number of hydrogen-bond acceptors (Lipinski definition) is 2. The van der Waals surface area contributed by atoms with E-state index in [1.807, 2.05) is 35.2 Å². The van der Waals surface area contributed by atoms with Gasteiger partial charge >= 0.3 is 6.18 Å². The molecule has 0 aromatic heterocycles. The molecule has 1 saturated heterocycles. The van der Waals surface area contributed by atoms with Crippen LogP contribution in [0.2, 0.25) is 0 Å². The van der Waals surface area contributed by atoms with Crippen LogP contribution in [0.5, 0.6) is 0 Å². The van der Waals surface area contributed by atoms with Crippen LogP contribution in [0.15, 0.2) is 54.6 Å². The lowest BCUT2D eigenvalue weighted by atomic mass is 9.88. The second-order valence-corrected chi connectivity index (χ2v) is 8.38. The van der Waals surface area contributed by atoms with Crippen molar-refractivity contribution in [1.29, 1.82) is 0 Å². The van der Waals surface area contributed by atoms with Crippen LogP contribution in [0.3, 0.4) is 0 Å². The summed E-state index contributed by atoms with van der Waals surface area (Å²) in [5.74, 6) is -0.437. The number of amides is 2. The fourth-order valence-electron chi connectivity index (χ4n) is 4.21. The maximum atomic E-state index is 12.9. The van der Waals surface area contributed by atoms with Crippen molar-refractivity contribution in [1.82, 2.24) is 10.2 Å². The second-order valence-electron chi connectivity index (χ2n) is 8.38. The Morgan fingerprint density at radius 1 is 0.935 bits per heavy atom. The van der Waals surface area contributed by atoms with Gasteiger partial charge in [-0.1, -0.05) is 42.5 Å². The van der Waals surface area contributed by atoms with Gasteiger partial charge in [0, 0.05) is 19.0 Å². The summed E-state index contributed by atoms with van der Waals surface area (Å²) in [7, 11) is 0. The van der Waals surface area contributed by atoms with E-state index in [1.54, 1.807) is 6.07 Å². The second kappa shape index (κ2) is 8.73. The molecular weight excluding hydrogens is 405 g/mol. The number of carbonyl (C=O) groups is 2. The highest BCUT2D eigenvalue weighted by molar-refractivity contribution is 5.84. The van der Waals surface area contributed by atoms with E-state index in [0.717, 1.165) is 30.5 Å². The van der Waals surface area contributed by atoms with Gasteiger partial charge in [-0.15, -0.1) is 0 Å². The maximum Gasteiger partial charge on any atom is 0.416 e. The van der Waals surface area contributed by atoms with E-state index in [2.05, 4.69) is 5.32 Å². The highest BCUT2D eigenvalue weighted by Crippen LogP contribution is 2.39. The Kier molecular flexibility index (Phi) is 6.03. The lowest BCUT2D eigenvalue weighted by molar-refractivity contribution is -0.140. The normalized spacial score (nSPS) is 21.6. The number of nitrogens with one attached hydrogen (secondary N) is 1. The first-order valence-electron chi connectivity index (χ1n) is 10.6. The molecule has 1 aliphatic heterocycles. The van der Waals surface area contributed by atoms with Crippen LogP contribution in [0.1, 0.15) is 48.4 Å². The molecule has 2 aromatic rings. The van der Waals surface area contributed by atoms with Gasteiger partial charge in [0.2, 0.25) is 11.8 Å². The number of halogens is 3. The van der Waals surface area contributed by atoms with E-state index in [1.165, 1.54) is 6.07 Å². The van der Waals surface area contributed by atoms with Gasteiger partial charge in [0.15, 0.2) is 0 Å². The number of rotatable bonds is 5. The van der Waals surface area contributed by atoms with Crippen LogP contribution in [0.4, 0.5) is 13.2 Å². The number of benzene rings is 2. The molecule has 7 heteroatoms. The Labute approximate surface area is 179 Å². The van der Waals surface area contributed by atoms with Gasteiger partial charge < -0.3 is 10.2 Å². The van der Waals surface area contributed by atoms with Gasteiger partial charge in [-0.2, -0.15) is 13.2 Å². The third-order valence-electron chi connectivity index (χ3n) is 6.07. The first-order valence-corrected chi connectivity index (χ1v) is 10.6. The minimum atomic E-state index is -4.42. The average Bonchev–Trinajstić information content (AvgIpc) is 3.62. The Morgan fingerprint density at radius 3 is 2.32 bits per heavy atom. The Hall–Kier alpha value is -2.83. The van der Waals surface area contributed by atoms with Crippen LogP contribution < -0.4 is 5.32 Å². The molecule has 0 bridgehead atoms. The van der Waals surface area contributed by atoms with E-state index < -0.39 is 11.7 Å². The van der Waals surface area contributed by atoms with Crippen LogP contribution in [0, 0.1) is 11.8 Å². The lowest BCUT2D eigenvalue weighted by Gasteiger charge is -2.39. The predicted octanol–water partition coefficient (Wildman–Crippen LogP) is 4.71. The Morgan fingerprint density at radius 2 is 1.65 bits per heavy atom. The number of carbonyl (C=O) groups excluding carboxylic acids is 2. The summed E-state index contributed by atoms with van der Waals surface area (Å²) in [5, 5.41) is 2.76. The molecule has 0 spiro atoms. The summed E-state index contributed by atoms with van der Waals surface area (Å²) in [6.45, 7) is 0.362. The molecule has 164 valence electrons. The van der Waals surface area contributed by atoms with E-state index >= 15 is 0 Å². The van der Waals surface area contributed by atoms with Crippen molar-refractivity contribution in [2.75, 3.05) is 6.54 Å². The Bertz CT molecular complexity index is 941. The summed E-state index contributed by atoms with van der Waals surface area (Å²) in [4.78, 5) is 27.5. The lowest BCUT2D eigenvalue weighted by Crippen LogP contribution is -2.47. The molecular formula is C24H25F3N2O2. The summed E-state index contributed by atoms with van der Waals surface area (Å²) < 4.78 is 38.7. The summed E-state index contributed by atoms with van der Waals surface area (Å²) in [6, 6.07) is 14.8. The molecule has 1 aliphatic carbocycles. The number of hydrogen-bond donors (Lipinski definition) is 1. The van der Waals surface area contributed by atoms with E-state index in [9.17, 15) is 22.8 Å². The third-order valence-corrected chi connectivity index (χ3v) is 6.07. The molecule has 1 N–H and O–H groups in total. The smallest absolute Gasteiger partial charge is 0.352 e. The van der Waals surface area contributed by atoms with E-state index in [-0.39, 0.29) is 36.2 Å². The first kappa shape index (κ1) is 21.4. The van der Waals surface area contributed by atoms with Gasteiger partial charge in [0.05, 0.1) is 17.5 Å². The van der Waals surface area contributed by atoms with Crippen molar-refractivity contribution in [2.45, 2.75) is 44.4 Å². The van der Waals surface area contributed by atoms with Gasteiger partial charge in [-0.05, 0) is 48.9 Å². The Balaban J connectivity index is 1.42. The SMILES string of the molecule is O=C(NCc1cccc(C(F)(F)F)c1)[C@H]1CC[C@@H](c2ccccc2)N(C(=O)C2CC2)C1. The van der Waals surface area contributed by atoms with E-state index in [4.69, 9.17) is 0 Å². The highest BCUT2D eigenvalue weighted by Gasteiger charge is 2.41. The van der Waals surface area contributed by atoms with E-state index in [0.29, 0.717) is 24.9 Å². The standard InChI is InChI=1S/C24H25F3N2O2/c25-24(26,27)20-8-4-5-16(13-20)14-28-22(30)19-11-12-21(17-6-2-1-3-7-17)29(15-19)23(31)18-9-10-18/h1-8,13,18-19,21H,9-12,14-15H2,(H,28,30)/t19-,21-/m0/s1. The summed E-state index contributed by atoms with van der Waals surface area (Å²) in [6.07, 6.45) is -1.32. The molecule has 2 fully saturated rings. The highest BCUT2D eigenvalue weighted by atomic mass is 19.4. The molecule has 31 heavy (non-hydrogen) atoms. The maximum absolute atomic E-state index is 12.9. The first-order chi connectivity index (χ1) is 14.8. The molecule has 2 aromatic carbocycles.